The summed E-state index contributed by atoms with van der Waals surface area (Å²) in [6.07, 6.45) is -0.960. The maximum Gasteiger partial charge on any atom is 0.257 e. The molecule has 0 saturated carbocycles. The quantitative estimate of drug-likeness (QED) is 0.896. The Balaban J connectivity index is 2.03. The van der Waals surface area contributed by atoms with Crippen LogP contribution in [-0.2, 0) is 5.41 Å². The molecule has 0 saturated heterocycles. The van der Waals surface area contributed by atoms with Crippen LogP contribution in [0.1, 0.15) is 48.4 Å². The molecular weight excluding hydrogens is 312 g/mol. The highest BCUT2D eigenvalue weighted by Gasteiger charge is 2.19. The Morgan fingerprint density at radius 3 is 2.12 bits per heavy atom. The van der Waals surface area contributed by atoms with Gasteiger partial charge in [-0.05, 0) is 28.7 Å². The van der Waals surface area contributed by atoms with Gasteiger partial charge >= 0.3 is 0 Å². The van der Waals surface area contributed by atoms with Crippen molar-refractivity contribution in [1.82, 2.24) is 5.32 Å². The first-order valence-corrected chi connectivity index (χ1v) is 7.71. The van der Waals surface area contributed by atoms with Crippen LogP contribution >= 0.6 is 0 Å². The molecule has 0 fully saturated rings. The Hall–Kier alpha value is -2.27. The number of carbonyl (C=O) groups excluding carboxylic acids is 1. The van der Waals surface area contributed by atoms with Crippen LogP contribution < -0.4 is 5.32 Å². The minimum Gasteiger partial charge on any atom is -0.387 e. The van der Waals surface area contributed by atoms with Crippen molar-refractivity contribution < 1.29 is 18.7 Å². The number of aliphatic hydroxyl groups is 1. The SMILES string of the molecule is CC(C)(C)c1ccc(C(O)CNC(=O)c2c(F)cccc2F)cc1. The fourth-order valence-corrected chi connectivity index (χ4v) is 2.32. The van der Waals surface area contributed by atoms with Gasteiger partial charge in [-0.2, -0.15) is 0 Å². The molecule has 2 aromatic carbocycles. The number of benzene rings is 2. The summed E-state index contributed by atoms with van der Waals surface area (Å²) >= 11 is 0. The molecule has 1 amide bonds. The van der Waals surface area contributed by atoms with Crippen molar-refractivity contribution in [3.05, 3.63) is 70.8 Å². The highest BCUT2D eigenvalue weighted by Crippen LogP contribution is 2.24. The minimum absolute atomic E-state index is 0.0000608. The summed E-state index contributed by atoms with van der Waals surface area (Å²) < 4.78 is 27.1. The highest BCUT2D eigenvalue weighted by molar-refractivity contribution is 5.94. The molecule has 0 aliphatic rings. The van der Waals surface area contributed by atoms with E-state index in [1.54, 1.807) is 12.1 Å². The molecule has 0 aliphatic carbocycles. The van der Waals surface area contributed by atoms with Gasteiger partial charge in [0.1, 0.15) is 17.2 Å². The second-order valence-corrected chi connectivity index (χ2v) is 6.69. The summed E-state index contributed by atoms with van der Waals surface area (Å²) in [7, 11) is 0. The van der Waals surface area contributed by atoms with Gasteiger partial charge in [0.15, 0.2) is 0 Å². The Bertz CT molecular complexity index is 701. The fraction of sp³-hybridized carbons (Fsp3) is 0.316. The van der Waals surface area contributed by atoms with E-state index in [1.165, 1.54) is 6.07 Å². The molecule has 0 heterocycles. The maximum absolute atomic E-state index is 13.5. The zero-order valence-electron chi connectivity index (χ0n) is 13.9. The Labute approximate surface area is 140 Å². The van der Waals surface area contributed by atoms with Crippen LogP contribution in [0, 0.1) is 11.6 Å². The first kappa shape index (κ1) is 18.1. The van der Waals surface area contributed by atoms with Crippen LogP contribution in [0.25, 0.3) is 0 Å². The lowest BCUT2D eigenvalue weighted by atomic mass is 9.86. The van der Waals surface area contributed by atoms with Crippen molar-refractivity contribution in [3.8, 4) is 0 Å². The van der Waals surface area contributed by atoms with Crippen molar-refractivity contribution in [2.24, 2.45) is 0 Å². The number of hydrogen-bond acceptors (Lipinski definition) is 2. The molecule has 0 aromatic heterocycles. The molecule has 5 heteroatoms. The first-order chi connectivity index (χ1) is 11.2. The van der Waals surface area contributed by atoms with Crippen molar-refractivity contribution in [2.75, 3.05) is 6.54 Å². The second kappa shape index (κ2) is 7.09. The molecule has 3 nitrogen and oxygen atoms in total. The zero-order valence-corrected chi connectivity index (χ0v) is 13.9. The van der Waals surface area contributed by atoms with E-state index in [9.17, 15) is 18.7 Å². The summed E-state index contributed by atoms with van der Waals surface area (Å²) in [6.45, 7) is 6.12. The van der Waals surface area contributed by atoms with Gasteiger partial charge in [-0.25, -0.2) is 8.78 Å². The van der Waals surface area contributed by atoms with Gasteiger partial charge in [0.2, 0.25) is 0 Å². The molecule has 1 unspecified atom stereocenters. The molecular formula is C19H21F2NO2. The van der Waals surface area contributed by atoms with E-state index in [1.807, 2.05) is 12.1 Å². The minimum atomic E-state index is -0.960. The van der Waals surface area contributed by atoms with E-state index in [4.69, 9.17) is 0 Å². The van der Waals surface area contributed by atoms with Gasteiger partial charge in [0.05, 0.1) is 6.10 Å². The lowest BCUT2D eigenvalue weighted by Gasteiger charge is -2.20. The molecule has 0 spiro atoms. The third-order valence-electron chi connectivity index (χ3n) is 3.81. The third kappa shape index (κ3) is 4.17. The first-order valence-electron chi connectivity index (χ1n) is 7.71. The largest absolute Gasteiger partial charge is 0.387 e. The summed E-state index contributed by atoms with van der Waals surface area (Å²) in [5, 5.41) is 12.5. The molecule has 0 aliphatic heterocycles. The maximum atomic E-state index is 13.5. The number of rotatable bonds is 4. The number of aliphatic hydroxyl groups excluding tert-OH is 1. The van der Waals surface area contributed by atoms with Crippen LogP contribution in [0.15, 0.2) is 42.5 Å². The highest BCUT2D eigenvalue weighted by atomic mass is 19.1. The fourth-order valence-electron chi connectivity index (χ4n) is 2.32. The molecule has 0 radical (unpaired) electrons. The van der Waals surface area contributed by atoms with Crippen molar-refractivity contribution in [2.45, 2.75) is 32.3 Å². The van der Waals surface area contributed by atoms with E-state index in [2.05, 4.69) is 26.1 Å². The van der Waals surface area contributed by atoms with Gasteiger partial charge in [-0.15, -0.1) is 0 Å². The van der Waals surface area contributed by atoms with Crippen LogP contribution in [-0.4, -0.2) is 17.6 Å². The average Bonchev–Trinajstić information content (AvgIpc) is 2.51. The molecule has 2 N–H and O–H groups in total. The summed E-state index contributed by atoms with van der Waals surface area (Å²) in [5.41, 5.74) is 1.10. The van der Waals surface area contributed by atoms with Gasteiger partial charge in [-0.1, -0.05) is 51.1 Å². The van der Waals surface area contributed by atoms with Gasteiger partial charge in [-0.3, -0.25) is 4.79 Å². The monoisotopic (exact) mass is 333 g/mol. The summed E-state index contributed by atoms with van der Waals surface area (Å²) in [5.74, 6) is -2.76. The summed E-state index contributed by atoms with van der Waals surface area (Å²) in [6, 6.07) is 10.6. The van der Waals surface area contributed by atoms with Gasteiger partial charge < -0.3 is 10.4 Å². The number of amides is 1. The predicted molar refractivity (Wildman–Crippen MR) is 88.8 cm³/mol. The summed E-state index contributed by atoms with van der Waals surface area (Å²) in [4.78, 5) is 11.9. The van der Waals surface area contributed by atoms with Crippen molar-refractivity contribution >= 4 is 5.91 Å². The van der Waals surface area contributed by atoms with Crippen molar-refractivity contribution in [3.63, 3.8) is 0 Å². The molecule has 2 rings (SSSR count). The lowest BCUT2D eigenvalue weighted by Crippen LogP contribution is -2.29. The zero-order chi connectivity index (χ0) is 17.9. The average molecular weight is 333 g/mol. The second-order valence-electron chi connectivity index (χ2n) is 6.69. The Morgan fingerprint density at radius 2 is 1.62 bits per heavy atom. The number of nitrogens with one attached hydrogen (secondary N) is 1. The van der Waals surface area contributed by atoms with E-state index >= 15 is 0 Å². The topological polar surface area (TPSA) is 49.3 Å². The number of carbonyl (C=O) groups is 1. The van der Waals surface area contributed by atoms with Crippen LogP contribution in [0.2, 0.25) is 0 Å². The standard InChI is InChI=1S/C19H21F2NO2/c1-19(2,3)13-9-7-12(8-10-13)16(23)11-22-18(24)17-14(20)5-4-6-15(17)21/h4-10,16,23H,11H2,1-3H3,(H,22,24). The van der Waals surface area contributed by atoms with E-state index in [-0.39, 0.29) is 12.0 Å². The van der Waals surface area contributed by atoms with E-state index in [0.29, 0.717) is 5.56 Å². The van der Waals surface area contributed by atoms with Crippen LogP contribution in [0.3, 0.4) is 0 Å². The molecule has 2 aromatic rings. The van der Waals surface area contributed by atoms with Gasteiger partial charge in [0, 0.05) is 6.54 Å². The van der Waals surface area contributed by atoms with E-state index in [0.717, 1.165) is 17.7 Å². The van der Waals surface area contributed by atoms with Crippen molar-refractivity contribution in [1.29, 1.82) is 0 Å². The van der Waals surface area contributed by atoms with E-state index < -0.39 is 29.2 Å². The predicted octanol–water partition coefficient (Wildman–Crippen LogP) is 3.73. The molecule has 1 atom stereocenters. The van der Waals surface area contributed by atoms with Gasteiger partial charge in [0.25, 0.3) is 5.91 Å². The smallest absolute Gasteiger partial charge is 0.257 e. The molecule has 128 valence electrons. The van der Waals surface area contributed by atoms with Crippen LogP contribution in [0.5, 0.6) is 0 Å². The molecule has 24 heavy (non-hydrogen) atoms. The molecule has 0 bridgehead atoms. The normalized spacial score (nSPS) is 12.8. The Morgan fingerprint density at radius 1 is 1.08 bits per heavy atom. The lowest BCUT2D eigenvalue weighted by molar-refractivity contribution is 0.0908. The van der Waals surface area contributed by atoms with Crippen LogP contribution in [0.4, 0.5) is 8.78 Å². The third-order valence-corrected chi connectivity index (χ3v) is 3.81. The number of hydrogen-bond donors (Lipinski definition) is 2. The Kier molecular flexibility index (Phi) is 5.34. The number of halogens is 2.